The van der Waals surface area contributed by atoms with Gasteiger partial charge in [-0.05, 0) is 75.1 Å². The predicted molar refractivity (Wildman–Crippen MR) is 154 cm³/mol. The monoisotopic (exact) mass is 550 g/mol. The van der Waals surface area contributed by atoms with E-state index in [4.69, 9.17) is 31.0 Å². The van der Waals surface area contributed by atoms with Crippen molar-refractivity contribution in [2.75, 3.05) is 56.7 Å². The van der Waals surface area contributed by atoms with Crippen molar-refractivity contribution in [3.05, 3.63) is 48.3 Å². The summed E-state index contributed by atoms with van der Waals surface area (Å²) in [7, 11) is 0. The molecule has 208 valence electrons. The van der Waals surface area contributed by atoms with Gasteiger partial charge >= 0.3 is 0 Å². The summed E-state index contributed by atoms with van der Waals surface area (Å²) in [5.74, 6) is 3.70. The Bertz CT molecular complexity index is 1210. The molecular weight excluding hydrogens is 512 g/mol. The van der Waals surface area contributed by atoms with Crippen LogP contribution in [0.25, 0.3) is 11.0 Å². The van der Waals surface area contributed by atoms with Gasteiger partial charge in [0.05, 0.1) is 24.8 Å². The van der Waals surface area contributed by atoms with E-state index < -0.39 is 0 Å². The number of hydrogen-bond donors (Lipinski definition) is 0. The van der Waals surface area contributed by atoms with Gasteiger partial charge in [-0.25, -0.2) is 15.0 Å². The molecule has 9 heteroatoms. The third-order valence-corrected chi connectivity index (χ3v) is 8.81. The number of rotatable bonds is 8. The van der Waals surface area contributed by atoms with Gasteiger partial charge in [-0.15, -0.1) is 11.6 Å². The van der Waals surface area contributed by atoms with Crippen LogP contribution in [0.5, 0.6) is 5.75 Å². The van der Waals surface area contributed by atoms with Crippen LogP contribution in [-0.2, 0) is 11.2 Å². The zero-order chi connectivity index (χ0) is 26.4. The van der Waals surface area contributed by atoms with Crippen LogP contribution < -0.4 is 9.64 Å². The fourth-order valence-corrected chi connectivity index (χ4v) is 6.54. The maximum Gasteiger partial charge on any atom is 0.149 e. The fourth-order valence-electron chi connectivity index (χ4n) is 6.30. The third-order valence-electron chi connectivity index (χ3n) is 8.64. The van der Waals surface area contributed by atoms with Gasteiger partial charge in [-0.3, -0.25) is 4.98 Å². The van der Waals surface area contributed by atoms with Crippen LogP contribution in [0.3, 0.4) is 0 Å². The molecule has 1 aromatic carbocycles. The van der Waals surface area contributed by atoms with Crippen molar-refractivity contribution in [1.29, 1.82) is 0 Å². The minimum absolute atomic E-state index is 0.194. The zero-order valence-corrected chi connectivity index (χ0v) is 23.4. The summed E-state index contributed by atoms with van der Waals surface area (Å²) in [5, 5.41) is 0. The molecule has 0 atom stereocenters. The van der Waals surface area contributed by atoms with E-state index in [1.54, 1.807) is 12.4 Å². The first-order valence-electron chi connectivity index (χ1n) is 14.6. The molecule has 1 saturated carbocycles. The summed E-state index contributed by atoms with van der Waals surface area (Å²) in [5.41, 5.74) is 4.15. The van der Waals surface area contributed by atoms with E-state index in [2.05, 4.69) is 44.3 Å². The van der Waals surface area contributed by atoms with Crippen LogP contribution in [0, 0.1) is 5.92 Å². The highest BCUT2D eigenvalue weighted by atomic mass is 35.5. The molecule has 39 heavy (non-hydrogen) atoms. The van der Waals surface area contributed by atoms with E-state index in [1.807, 2.05) is 0 Å². The van der Waals surface area contributed by atoms with Gasteiger partial charge in [-0.2, -0.15) is 0 Å². The van der Waals surface area contributed by atoms with Crippen LogP contribution in [0.15, 0.2) is 36.9 Å². The summed E-state index contributed by atoms with van der Waals surface area (Å²) >= 11 is 5.90. The molecule has 4 heterocycles. The van der Waals surface area contributed by atoms with Crippen molar-refractivity contribution < 1.29 is 9.47 Å². The van der Waals surface area contributed by atoms with Crippen LogP contribution in [0.2, 0.25) is 0 Å². The van der Waals surface area contributed by atoms with Crippen LogP contribution in [0.1, 0.15) is 55.8 Å². The van der Waals surface area contributed by atoms with Gasteiger partial charge < -0.3 is 19.3 Å². The zero-order valence-electron chi connectivity index (χ0n) is 22.7. The van der Waals surface area contributed by atoms with Gasteiger partial charge in [-0.1, -0.05) is 0 Å². The molecule has 2 aliphatic heterocycles. The molecule has 0 amide bonds. The van der Waals surface area contributed by atoms with Crippen molar-refractivity contribution in [2.45, 2.75) is 57.0 Å². The Morgan fingerprint density at radius 3 is 2.36 bits per heavy atom. The van der Waals surface area contributed by atoms with E-state index in [0.717, 1.165) is 106 Å². The molecule has 3 aliphatic rings. The fraction of sp³-hybridized carbons (Fsp3) is 0.600. The normalized spacial score (nSPS) is 23.3. The number of fused-ring (bicyclic) bond motifs is 1. The molecule has 0 spiro atoms. The number of anilines is 1. The lowest BCUT2D eigenvalue weighted by Crippen LogP contribution is -2.36. The third kappa shape index (κ3) is 6.61. The second-order valence-corrected chi connectivity index (χ2v) is 11.5. The number of benzene rings is 1. The average Bonchev–Trinajstić information content (AvgIpc) is 2.99. The smallest absolute Gasteiger partial charge is 0.149 e. The van der Waals surface area contributed by atoms with Crippen LogP contribution >= 0.6 is 11.6 Å². The molecule has 1 aliphatic carbocycles. The van der Waals surface area contributed by atoms with E-state index >= 15 is 0 Å². The van der Waals surface area contributed by atoms with Crippen molar-refractivity contribution in [2.24, 2.45) is 5.92 Å². The highest BCUT2D eigenvalue weighted by molar-refractivity contribution is 6.18. The molecular formula is C30H39ClN6O2. The number of halogens is 1. The summed E-state index contributed by atoms with van der Waals surface area (Å²) in [6.07, 6.45) is 15.4. The van der Waals surface area contributed by atoms with Crippen molar-refractivity contribution >= 4 is 28.3 Å². The maximum absolute atomic E-state index is 6.60. The van der Waals surface area contributed by atoms with Crippen LogP contribution in [0.4, 0.5) is 5.69 Å². The minimum Gasteiger partial charge on any atom is -0.488 e. The Labute approximate surface area is 236 Å². The SMILES string of the molecule is ClCCN1CCC(c2cnc(CC3CCC(Oc4cc(N5CCOCC5)cc5nccnc45)CC3)nc2)CC1. The Balaban J connectivity index is 1.03. The molecule has 6 rings (SSSR count). The largest absolute Gasteiger partial charge is 0.488 e. The number of hydrogen-bond acceptors (Lipinski definition) is 8. The molecule has 2 saturated heterocycles. The second kappa shape index (κ2) is 12.7. The number of nitrogens with zero attached hydrogens (tertiary/aromatic N) is 6. The first kappa shape index (κ1) is 26.7. The van der Waals surface area contributed by atoms with Gasteiger partial charge in [0.25, 0.3) is 0 Å². The molecule has 0 bridgehead atoms. The van der Waals surface area contributed by atoms with E-state index in [-0.39, 0.29) is 6.10 Å². The first-order valence-corrected chi connectivity index (χ1v) is 15.1. The molecule has 8 nitrogen and oxygen atoms in total. The molecule has 3 aromatic rings. The van der Waals surface area contributed by atoms with Crippen molar-refractivity contribution in [1.82, 2.24) is 24.8 Å². The molecule has 0 N–H and O–H groups in total. The number of piperidine rings is 1. The van der Waals surface area contributed by atoms with Gasteiger partial charge in [0.2, 0.25) is 0 Å². The Morgan fingerprint density at radius 2 is 1.62 bits per heavy atom. The molecule has 2 aromatic heterocycles. The van der Waals surface area contributed by atoms with E-state index in [0.29, 0.717) is 17.7 Å². The van der Waals surface area contributed by atoms with Gasteiger partial charge in [0.1, 0.15) is 17.1 Å². The Hall–Kier alpha value is -2.55. The van der Waals surface area contributed by atoms with Crippen LogP contribution in [-0.4, -0.2) is 82.8 Å². The highest BCUT2D eigenvalue weighted by Gasteiger charge is 2.26. The Morgan fingerprint density at radius 1 is 0.872 bits per heavy atom. The number of alkyl halides is 1. The first-order chi connectivity index (χ1) is 19.2. The van der Waals surface area contributed by atoms with Gasteiger partial charge in [0, 0.05) is 68.5 Å². The predicted octanol–water partition coefficient (Wildman–Crippen LogP) is 4.85. The lowest BCUT2D eigenvalue weighted by molar-refractivity contribution is 0.122. The minimum atomic E-state index is 0.194. The van der Waals surface area contributed by atoms with E-state index in [1.165, 1.54) is 18.4 Å². The summed E-state index contributed by atoms with van der Waals surface area (Å²) in [6, 6.07) is 4.26. The standard InChI is InChI=1S/C30H39ClN6O2/c31-7-12-36-10-5-23(6-11-36)24-20-34-29(35-21-24)17-22-1-3-26(4-2-22)39-28-19-25(37-13-15-38-16-14-37)18-27-30(28)33-9-8-32-27/h8-9,18-23,26H,1-7,10-17H2. The lowest BCUT2D eigenvalue weighted by atomic mass is 9.85. The summed E-state index contributed by atoms with van der Waals surface area (Å²) in [6.45, 7) is 6.48. The average molecular weight is 551 g/mol. The number of ether oxygens (including phenoxy) is 2. The topological polar surface area (TPSA) is 76.5 Å². The second-order valence-electron chi connectivity index (χ2n) is 11.2. The quantitative estimate of drug-likeness (QED) is 0.368. The van der Waals surface area contributed by atoms with Crippen molar-refractivity contribution in [3.8, 4) is 5.75 Å². The van der Waals surface area contributed by atoms with E-state index in [9.17, 15) is 0 Å². The van der Waals surface area contributed by atoms with Gasteiger partial charge in [0.15, 0.2) is 0 Å². The summed E-state index contributed by atoms with van der Waals surface area (Å²) < 4.78 is 12.1. The highest BCUT2D eigenvalue weighted by Crippen LogP contribution is 2.35. The lowest BCUT2D eigenvalue weighted by Gasteiger charge is -2.31. The number of morpholine rings is 1. The molecule has 0 unspecified atom stereocenters. The molecule has 0 radical (unpaired) electrons. The number of aromatic nitrogens is 4. The maximum atomic E-state index is 6.60. The number of likely N-dealkylation sites (tertiary alicyclic amines) is 1. The molecule has 3 fully saturated rings. The van der Waals surface area contributed by atoms with Crippen molar-refractivity contribution in [3.63, 3.8) is 0 Å². The summed E-state index contributed by atoms with van der Waals surface area (Å²) in [4.78, 5) is 23.5. The Kier molecular flexibility index (Phi) is 8.71.